The van der Waals surface area contributed by atoms with Crippen LogP contribution in [0.15, 0.2) is 30.3 Å². The molecule has 6 heteroatoms. The third kappa shape index (κ3) is 3.34. The maximum atomic E-state index is 12.1. The van der Waals surface area contributed by atoms with Gasteiger partial charge in [-0.1, -0.05) is 41.4 Å². The van der Waals surface area contributed by atoms with Gasteiger partial charge in [-0.05, 0) is 24.1 Å². The molecule has 21 heavy (non-hydrogen) atoms. The predicted molar refractivity (Wildman–Crippen MR) is 85.8 cm³/mol. The van der Waals surface area contributed by atoms with Crippen LogP contribution in [0.3, 0.4) is 0 Å². The predicted octanol–water partition coefficient (Wildman–Crippen LogP) is 4.04. The summed E-state index contributed by atoms with van der Waals surface area (Å²) in [7, 11) is 0. The van der Waals surface area contributed by atoms with Crippen LogP contribution in [0, 0.1) is 5.92 Å². The molecule has 0 saturated carbocycles. The van der Waals surface area contributed by atoms with Gasteiger partial charge in [-0.15, -0.1) is 11.3 Å². The number of ether oxygens (including phenoxy) is 1. The molecule has 1 aromatic heterocycles. The summed E-state index contributed by atoms with van der Waals surface area (Å²) in [5.41, 5.74) is 1.61. The SMILES string of the molecule is O=C(NCC1COc2ccccc2C1)c1cc(Cl)sc1Cl. The molecule has 2 heterocycles. The van der Waals surface area contributed by atoms with E-state index in [9.17, 15) is 4.79 Å². The highest BCUT2D eigenvalue weighted by Gasteiger charge is 2.21. The molecule has 1 aromatic carbocycles. The number of nitrogens with one attached hydrogen (secondary N) is 1. The van der Waals surface area contributed by atoms with Crippen molar-refractivity contribution in [2.24, 2.45) is 5.92 Å². The standard InChI is InChI=1S/C15H13Cl2NO2S/c16-13-6-11(14(17)21-13)15(19)18-7-9-5-10-3-1-2-4-12(10)20-8-9/h1-4,6,9H,5,7-8H2,(H,18,19). The Hall–Kier alpha value is -1.23. The van der Waals surface area contributed by atoms with Crippen LogP contribution in [0.25, 0.3) is 0 Å². The van der Waals surface area contributed by atoms with Crippen LogP contribution in [-0.4, -0.2) is 19.1 Å². The zero-order valence-corrected chi connectivity index (χ0v) is 13.4. The number of hydrogen-bond donors (Lipinski definition) is 1. The Morgan fingerprint density at radius 2 is 2.19 bits per heavy atom. The van der Waals surface area contributed by atoms with Crippen molar-refractivity contribution in [2.75, 3.05) is 13.2 Å². The lowest BCUT2D eigenvalue weighted by molar-refractivity contribution is 0.0939. The first-order valence-corrected chi connectivity index (χ1v) is 8.14. The van der Waals surface area contributed by atoms with Crippen LogP contribution in [0.1, 0.15) is 15.9 Å². The van der Waals surface area contributed by atoms with E-state index in [2.05, 4.69) is 11.4 Å². The van der Waals surface area contributed by atoms with Crippen molar-refractivity contribution >= 4 is 40.4 Å². The summed E-state index contributed by atoms with van der Waals surface area (Å²) in [5.74, 6) is 1.01. The summed E-state index contributed by atoms with van der Waals surface area (Å²) in [6.07, 6.45) is 0.897. The molecule has 110 valence electrons. The Labute approximate surface area is 136 Å². The number of benzene rings is 1. The second-order valence-corrected chi connectivity index (χ2v) is 7.22. The number of para-hydroxylation sites is 1. The van der Waals surface area contributed by atoms with Gasteiger partial charge in [0, 0.05) is 12.5 Å². The number of carbonyl (C=O) groups excluding carboxylic acids is 1. The van der Waals surface area contributed by atoms with Gasteiger partial charge in [0.05, 0.1) is 16.5 Å². The third-order valence-corrected chi connectivity index (χ3v) is 4.90. The zero-order chi connectivity index (χ0) is 14.8. The molecule has 0 spiro atoms. The fourth-order valence-electron chi connectivity index (χ4n) is 2.35. The molecule has 1 atom stereocenters. The number of amides is 1. The van der Waals surface area contributed by atoms with E-state index in [-0.39, 0.29) is 11.8 Å². The number of carbonyl (C=O) groups is 1. The Morgan fingerprint density at radius 3 is 2.95 bits per heavy atom. The summed E-state index contributed by atoms with van der Waals surface area (Å²) >= 11 is 13.0. The zero-order valence-electron chi connectivity index (χ0n) is 11.1. The minimum Gasteiger partial charge on any atom is -0.493 e. The minimum absolute atomic E-state index is 0.193. The molecule has 0 saturated heterocycles. The molecule has 3 nitrogen and oxygen atoms in total. The number of fused-ring (bicyclic) bond motifs is 1. The highest BCUT2D eigenvalue weighted by Crippen LogP contribution is 2.31. The lowest BCUT2D eigenvalue weighted by Crippen LogP contribution is -2.34. The second-order valence-electron chi connectivity index (χ2n) is 4.94. The first kappa shape index (κ1) is 14.7. The van der Waals surface area contributed by atoms with Crippen LogP contribution in [0.2, 0.25) is 8.67 Å². The fourth-order valence-corrected chi connectivity index (χ4v) is 3.81. The van der Waals surface area contributed by atoms with Gasteiger partial charge in [-0.2, -0.15) is 0 Å². The minimum atomic E-state index is -0.193. The van der Waals surface area contributed by atoms with Crippen LogP contribution in [0.4, 0.5) is 0 Å². The summed E-state index contributed by atoms with van der Waals surface area (Å²) in [5, 5.41) is 2.90. The van der Waals surface area contributed by atoms with Crippen LogP contribution in [0.5, 0.6) is 5.75 Å². The van der Waals surface area contributed by atoms with Crippen LogP contribution >= 0.6 is 34.5 Å². The van der Waals surface area contributed by atoms with Gasteiger partial charge in [0.15, 0.2) is 0 Å². The van der Waals surface area contributed by atoms with Gasteiger partial charge in [0.2, 0.25) is 0 Å². The number of hydrogen-bond acceptors (Lipinski definition) is 3. The Kier molecular flexibility index (Phi) is 4.38. The molecule has 1 amide bonds. The molecule has 1 aliphatic heterocycles. The molecule has 1 aliphatic rings. The lowest BCUT2D eigenvalue weighted by atomic mass is 9.97. The highest BCUT2D eigenvalue weighted by atomic mass is 35.5. The van der Waals surface area contributed by atoms with Gasteiger partial charge in [-0.25, -0.2) is 0 Å². The van der Waals surface area contributed by atoms with E-state index in [1.54, 1.807) is 6.07 Å². The largest absolute Gasteiger partial charge is 0.493 e. The van der Waals surface area contributed by atoms with E-state index in [0.717, 1.165) is 12.2 Å². The van der Waals surface area contributed by atoms with Crippen LogP contribution in [-0.2, 0) is 6.42 Å². The molecule has 0 fully saturated rings. The van der Waals surface area contributed by atoms with Crippen molar-refractivity contribution in [1.82, 2.24) is 5.32 Å². The summed E-state index contributed by atoms with van der Waals surface area (Å²) in [6, 6.07) is 9.58. The third-order valence-electron chi connectivity index (χ3n) is 3.41. The molecule has 1 N–H and O–H groups in total. The number of thiophene rings is 1. The summed E-state index contributed by atoms with van der Waals surface area (Å²) in [6.45, 7) is 1.16. The quantitative estimate of drug-likeness (QED) is 0.914. The highest BCUT2D eigenvalue weighted by molar-refractivity contribution is 7.20. The number of rotatable bonds is 3. The summed E-state index contributed by atoms with van der Waals surface area (Å²) < 4.78 is 6.64. The maximum Gasteiger partial charge on any atom is 0.253 e. The smallest absolute Gasteiger partial charge is 0.253 e. The topological polar surface area (TPSA) is 38.3 Å². The van der Waals surface area contributed by atoms with Gasteiger partial charge >= 0.3 is 0 Å². The lowest BCUT2D eigenvalue weighted by Gasteiger charge is -2.25. The molecular weight excluding hydrogens is 329 g/mol. The number of halogens is 2. The van der Waals surface area contributed by atoms with Crippen molar-refractivity contribution in [3.05, 3.63) is 50.1 Å². The van der Waals surface area contributed by atoms with E-state index in [0.29, 0.717) is 27.4 Å². The van der Waals surface area contributed by atoms with Crippen molar-refractivity contribution in [3.8, 4) is 5.75 Å². The van der Waals surface area contributed by atoms with Gasteiger partial charge in [-0.3, -0.25) is 4.79 Å². The van der Waals surface area contributed by atoms with Crippen molar-refractivity contribution in [3.63, 3.8) is 0 Å². The first-order valence-electron chi connectivity index (χ1n) is 6.57. The van der Waals surface area contributed by atoms with Gasteiger partial charge in [0.1, 0.15) is 10.1 Å². The molecule has 3 rings (SSSR count). The van der Waals surface area contributed by atoms with Gasteiger partial charge < -0.3 is 10.1 Å². The van der Waals surface area contributed by atoms with E-state index in [1.165, 1.54) is 16.9 Å². The Bertz CT molecular complexity index is 671. The average molecular weight is 342 g/mol. The van der Waals surface area contributed by atoms with Crippen molar-refractivity contribution in [2.45, 2.75) is 6.42 Å². The molecule has 2 aromatic rings. The van der Waals surface area contributed by atoms with E-state index in [1.807, 2.05) is 18.2 Å². The monoisotopic (exact) mass is 341 g/mol. The van der Waals surface area contributed by atoms with Crippen molar-refractivity contribution in [1.29, 1.82) is 0 Å². The van der Waals surface area contributed by atoms with E-state index >= 15 is 0 Å². The van der Waals surface area contributed by atoms with Crippen LogP contribution < -0.4 is 10.1 Å². The average Bonchev–Trinajstić information content (AvgIpc) is 2.83. The molecule has 0 aliphatic carbocycles. The molecule has 0 bridgehead atoms. The summed E-state index contributed by atoms with van der Waals surface area (Å²) in [4.78, 5) is 12.1. The fraction of sp³-hybridized carbons (Fsp3) is 0.267. The second kappa shape index (κ2) is 6.26. The molecule has 1 unspecified atom stereocenters. The normalized spacial score (nSPS) is 17.0. The van der Waals surface area contributed by atoms with Crippen molar-refractivity contribution < 1.29 is 9.53 Å². The Balaban J connectivity index is 1.59. The van der Waals surface area contributed by atoms with E-state index in [4.69, 9.17) is 27.9 Å². The van der Waals surface area contributed by atoms with E-state index < -0.39 is 0 Å². The first-order chi connectivity index (χ1) is 10.1. The maximum absolute atomic E-state index is 12.1. The Morgan fingerprint density at radius 1 is 1.38 bits per heavy atom. The van der Waals surface area contributed by atoms with Gasteiger partial charge in [0.25, 0.3) is 5.91 Å². The molecule has 0 radical (unpaired) electrons. The molecular formula is C15H13Cl2NO2S.